The Morgan fingerprint density at radius 3 is 2.15 bits per heavy atom. The second-order valence-corrected chi connectivity index (χ2v) is 5.50. The van der Waals surface area contributed by atoms with E-state index in [-0.39, 0.29) is 0 Å². The molecular weight excluding hydrogens is 346 g/mol. The van der Waals surface area contributed by atoms with Crippen molar-refractivity contribution < 1.29 is 19.0 Å². The number of hydrogen-bond acceptors (Lipinski definition) is 5. The number of aromatic nitrogens is 2. The summed E-state index contributed by atoms with van der Waals surface area (Å²) >= 11 is 0. The van der Waals surface area contributed by atoms with Crippen LogP contribution < -0.4 is 19.6 Å². The van der Waals surface area contributed by atoms with Crippen LogP contribution in [0.5, 0.6) is 17.2 Å². The number of carbonyl (C=O) groups is 1. The fourth-order valence-corrected chi connectivity index (χ4v) is 2.54. The third-order valence-electron chi connectivity index (χ3n) is 3.86. The molecule has 7 nitrogen and oxygen atoms in total. The van der Waals surface area contributed by atoms with Crippen molar-refractivity contribution in [1.29, 1.82) is 0 Å². The number of benzene rings is 2. The molecule has 0 radical (unpaired) electrons. The van der Waals surface area contributed by atoms with Gasteiger partial charge in [0.15, 0.2) is 11.5 Å². The van der Waals surface area contributed by atoms with Crippen LogP contribution in [0.2, 0.25) is 0 Å². The molecule has 138 valence electrons. The Labute approximate surface area is 156 Å². The lowest BCUT2D eigenvalue weighted by atomic mass is 10.1. The molecule has 0 N–H and O–H groups in total. The molecule has 3 aromatic rings. The summed E-state index contributed by atoms with van der Waals surface area (Å²) in [4.78, 5) is 16.7. The quantitative estimate of drug-likeness (QED) is 0.695. The number of carbonyl (C=O) groups excluding carboxylic acids is 1. The molecule has 0 aliphatic carbocycles. The summed E-state index contributed by atoms with van der Waals surface area (Å²) in [5, 5.41) is 4.74. The predicted molar refractivity (Wildman–Crippen MR) is 99.6 cm³/mol. The van der Waals surface area contributed by atoms with Gasteiger partial charge in [-0.3, -0.25) is 4.79 Å². The van der Waals surface area contributed by atoms with Crippen LogP contribution in [0.3, 0.4) is 0 Å². The van der Waals surface area contributed by atoms with Gasteiger partial charge in [0.05, 0.1) is 38.6 Å². The van der Waals surface area contributed by atoms with Crippen molar-refractivity contribution in [3.63, 3.8) is 0 Å². The monoisotopic (exact) mass is 365 g/mol. The Morgan fingerprint density at radius 2 is 1.63 bits per heavy atom. The van der Waals surface area contributed by atoms with Crippen LogP contribution in [-0.2, 0) is 0 Å². The van der Waals surface area contributed by atoms with Gasteiger partial charge in [0, 0.05) is 11.8 Å². The largest absolute Gasteiger partial charge is 0.493 e. The zero-order valence-electron chi connectivity index (χ0n) is 15.2. The minimum atomic E-state index is -0.437. The van der Waals surface area contributed by atoms with Crippen LogP contribution in [-0.4, -0.2) is 37.0 Å². The Balaban J connectivity index is 1.92. The summed E-state index contributed by atoms with van der Waals surface area (Å²) in [5.41, 5.74) is 1.24. The summed E-state index contributed by atoms with van der Waals surface area (Å²) in [6.45, 7) is 0. The van der Waals surface area contributed by atoms with Crippen molar-refractivity contribution >= 4 is 5.91 Å². The maximum absolute atomic E-state index is 12.6. The van der Waals surface area contributed by atoms with Crippen molar-refractivity contribution in [2.24, 2.45) is 4.99 Å². The second-order valence-electron chi connectivity index (χ2n) is 5.50. The highest BCUT2D eigenvalue weighted by molar-refractivity contribution is 5.96. The Bertz CT molecular complexity index is 968. The molecule has 0 saturated heterocycles. The molecule has 7 heteroatoms. The summed E-state index contributed by atoms with van der Waals surface area (Å²) in [6, 6.07) is 14.5. The van der Waals surface area contributed by atoms with Gasteiger partial charge in [-0.1, -0.05) is 18.2 Å². The van der Waals surface area contributed by atoms with E-state index in [1.165, 1.54) is 27.5 Å². The predicted octanol–water partition coefficient (Wildman–Crippen LogP) is 2.64. The fourth-order valence-electron chi connectivity index (χ4n) is 2.54. The Kier molecular flexibility index (Phi) is 5.51. The number of para-hydroxylation sites is 1. The lowest BCUT2D eigenvalue weighted by Gasteiger charge is -2.12. The van der Waals surface area contributed by atoms with E-state index < -0.39 is 5.91 Å². The fraction of sp³-hybridized carbons (Fsp3) is 0.150. The molecule has 0 aliphatic rings. The van der Waals surface area contributed by atoms with Gasteiger partial charge in [-0.25, -0.2) is 9.67 Å². The van der Waals surface area contributed by atoms with Crippen LogP contribution in [0.25, 0.3) is 5.69 Å². The van der Waals surface area contributed by atoms with Crippen molar-refractivity contribution in [1.82, 2.24) is 9.78 Å². The molecule has 0 unspecified atom stereocenters. The van der Waals surface area contributed by atoms with Gasteiger partial charge in [0.2, 0.25) is 5.75 Å². The van der Waals surface area contributed by atoms with E-state index in [0.29, 0.717) is 28.2 Å². The number of amides is 1. The lowest BCUT2D eigenvalue weighted by Crippen LogP contribution is -2.11. The first-order valence-electron chi connectivity index (χ1n) is 8.15. The zero-order valence-corrected chi connectivity index (χ0v) is 15.2. The highest BCUT2D eigenvalue weighted by atomic mass is 16.5. The van der Waals surface area contributed by atoms with Gasteiger partial charge in [0.1, 0.15) is 0 Å². The number of methoxy groups -OCH3 is 3. The summed E-state index contributed by atoms with van der Waals surface area (Å²) in [5.74, 6) is 0.766. The van der Waals surface area contributed by atoms with Crippen molar-refractivity contribution in [3.05, 3.63) is 71.8 Å². The Morgan fingerprint density at radius 1 is 0.963 bits per heavy atom. The molecule has 3 rings (SSSR count). The first kappa shape index (κ1) is 18.2. The average molecular weight is 365 g/mol. The van der Waals surface area contributed by atoms with Crippen LogP contribution in [0, 0.1) is 0 Å². The van der Waals surface area contributed by atoms with E-state index in [9.17, 15) is 4.79 Å². The minimum absolute atomic E-state index is 0.323. The average Bonchev–Trinajstić information content (AvgIpc) is 2.73. The molecular formula is C20H19N3O4. The summed E-state index contributed by atoms with van der Waals surface area (Å²) < 4.78 is 17.5. The SMILES string of the molecule is COc1cc(C(=O)/N=c2\ccn(-c3ccccc3)nc2)cc(OC)c1OC. The van der Waals surface area contributed by atoms with Gasteiger partial charge in [0.25, 0.3) is 5.91 Å². The van der Waals surface area contributed by atoms with E-state index in [1.54, 1.807) is 29.1 Å². The van der Waals surface area contributed by atoms with E-state index in [4.69, 9.17) is 14.2 Å². The van der Waals surface area contributed by atoms with Gasteiger partial charge in [-0.15, -0.1) is 0 Å². The summed E-state index contributed by atoms with van der Waals surface area (Å²) in [6.07, 6.45) is 3.28. The number of ether oxygens (including phenoxy) is 3. The molecule has 1 heterocycles. The molecule has 0 saturated carbocycles. The first-order chi connectivity index (χ1) is 13.2. The first-order valence-corrected chi connectivity index (χ1v) is 8.15. The number of nitrogens with zero attached hydrogens (tertiary/aromatic N) is 3. The topological polar surface area (TPSA) is 74.9 Å². The van der Waals surface area contributed by atoms with Crippen LogP contribution in [0.1, 0.15) is 10.4 Å². The normalized spacial score (nSPS) is 11.1. The Hall–Kier alpha value is -3.61. The lowest BCUT2D eigenvalue weighted by molar-refractivity contribution is 0.0997. The molecule has 0 atom stereocenters. The van der Waals surface area contributed by atoms with E-state index in [1.807, 2.05) is 30.3 Å². The van der Waals surface area contributed by atoms with Gasteiger partial charge in [-0.05, 0) is 30.3 Å². The van der Waals surface area contributed by atoms with Crippen molar-refractivity contribution in [3.8, 4) is 22.9 Å². The molecule has 0 aliphatic heterocycles. The molecule has 1 aromatic heterocycles. The maximum Gasteiger partial charge on any atom is 0.277 e. The highest BCUT2D eigenvalue weighted by Gasteiger charge is 2.16. The van der Waals surface area contributed by atoms with E-state index in [0.717, 1.165) is 5.69 Å². The van der Waals surface area contributed by atoms with Crippen molar-refractivity contribution in [2.45, 2.75) is 0 Å². The van der Waals surface area contributed by atoms with E-state index in [2.05, 4.69) is 10.1 Å². The standard InChI is InChI=1S/C20H19N3O4/c1-25-17-11-14(12-18(26-2)19(17)27-3)20(24)22-15-9-10-23(21-13-15)16-7-5-4-6-8-16/h4-13H,1-3H3/b22-15+. The molecule has 2 aromatic carbocycles. The number of rotatable bonds is 5. The third-order valence-corrected chi connectivity index (χ3v) is 3.86. The zero-order chi connectivity index (χ0) is 19.2. The minimum Gasteiger partial charge on any atom is -0.493 e. The van der Waals surface area contributed by atoms with E-state index >= 15 is 0 Å². The van der Waals surface area contributed by atoms with Crippen LogP contribution in [0.15, 0.2) is 65.9 Å². The van der Waals surface area contributed by atoms with Crippen LogP contribution in [0.4, 0.5) is 0 Å². The van der Waals surface area contributed by atoms with Crippen LogP contribution >= 0.6 is 0 Å². The molecule has 0 fully saturated rings. The summed E-state index contributed by atoms with van der Waals surface area (Å²) in [7, 11) is 4.49. The van der Waals surface area contributed by atoms with Crippen molar-refractivity contribution in [2.75, 3.05) is 21.3 Å². The van der Waals surface area contributed by atoms with Gasteiger partial charge >= 0.3 is 0 Å². The molecule has 27 heavy (non-hydrogen) atoms. The third kappa shape index (κ3) is 3.98. The molecule has 0 spiro atoms. The van der Waals surface area contributed by atoms with Gasteiger partial charge in [-0.2, -0.15) is 5.10 Å². The van der Waals surface area contributed by atoms with Gasteiger partial charge < -0.3 is 14.2 Å². The molecule has 1 amide bonds. The maximum atomic E-state index is 12.6. The second kappa shape index (κ2) is 8.18. The number of hydrogen-bond donors (Lipinski definition) is 0. The smallest absolute Gasteiger partial charge is 0.277 e. The highest BCUT2D eigenvalue weighted by Crippen LogP contribution is 2.38. The molecule has 0 bridgehead atoms.